The second kappa shape index (κ2) is 8.47. The molecule has 2 heterocycles. The smallest absolute Gasteiger partial charge is 0.271 e. The van der Waals surface area contributed by atoms with E-state index in [-0.39, 0.29) is 22.1 Å². The van der Waals surface area contributed by atoms with Crippen LogP contribution in [0.15, 0.2) is 32.4 Å². The summed E-state index contributed by atoms with van der Waals surface area (Å²) < 4.78 is 32.4. The van der Waals surface area contributed by atoms with Gasteiger partial charge in [0, 0.05) is 24.0 Å². The molecule has 0 aliphatic heterocycles. The quantitative estimate of drug-likeness (QED) is 0.510. The van der Waals surface area contributed by atoms with Gasteiger partial charge < -0.3 is 20.6 Å². The lowest BCUT2D eigenvalue weighted by molar-refractivity contribution is 0.393. The minimum Gasteiger partial charge on any atom is -0.379 e. The van der Waals surface area contributed by atoms with Crippen molar-refractivity contribution in [1.29, 1.82) is 0 Å². The Hall–Kier alpha value is -2.65. The topological polar surface area (TPSA) is 131 Å². The highest BCUT2D eigenvalue weighted by Crippen LogP contribution is 2.35. The maximum Gasteiger partial charge on any atom is 0.271 e. The molecule has 0 saturated heterocycles. The molecule has 0 atom stereocenters. The minimum absolute atomic E-state index is 0.109. The fraction of sp³-hybridized carbons (Fsp3) is 0.455. The number of fused-ring (bicyclic) bond motifs is 1. The third-order valence-electron chi connectivity index (χ3n) is 5.97. The lowest BCUT2D eigenvalue weighted by Crippen LogP contribution is -2.20. The fourth-order valence-corrected chi connectivity index (χ4v) is 6.43. The van der Waals surface area contributed by atoms with E-state index in [0.717, 1.165) is 31.2 Å². The third-order valence-corrected chi connectivity index (χ3v) is 7.89. The molecule has 0 spiro atoms. The van der Waals surface area contributed by atoms with Crippen LogP contribution in [0.2, 0.25) is 0 Å². The lowest BCUT2D eigenvalue weighted by atomic mass is 10.0. The third kappa shape index (κ3) is 4.24. The molecule has 1 aliphatic rings. The van der Waals surface area contributed by atoms with Crippen LogP contribution in [0.1, 0.15) is 37.1 Å². The molecule has 0 radical (unpaired) electrons. The normalized spacial score (nSPS) is 15.1. The number of nitrogens with two attached hydrogens (primary N) is 1. The van der Waals surface area contributed by atoms with Gasteiger partial charge in [0.2, 0.25) is 0 Å². The molecule has 3 aromatic rings. The van der Waals surface area contributed by atoms with E-state index < -0.39 is 9.84 Å². The van der Waals surface area contributed by atoms with Crippen LogP contribution in [-0.2, 0) is 9.84 Å². The molecule has 2 aromatic heterocycles. The summed E-state index contributed by atoms with van der Waals surface area (Å²) in [5.41, 5.74) is 8.06. The zero-order chi connectivity index (χ0) is 22.2. The Balaban J connectivity index is 1.94. The van der Waals surface area contributed by atoms with Crippen molar-refractivity contribution in [3.63, 3.8) is 0 Å². The monoisotopic (exact) mass is 444 g/mol. The standard InChI is InChI=1S/C22H28N4O4S/c1-13-21(14(2)30-26-13)16-9-18-17(11-19(22(27)25-18)24-8-7-23)20(10-16)31(28,29)12-15-5-3-4-6-15/h9-11,15,24H,3-8,12,23H2,1-2H3,(H,25,27). The molecular weight excluding hydrogens is 416 g/mol. The van der Waals surface area contributed by atoms with Crippen LogP contribution in [0.5, 0.6) is 0 Å². The van der Waals surface area contributed by atoms with E-state index in [1.165, 1.54) is 0 Å². The maximum absolute atomic E-state index is 13.5. The van der Waals surface area contributed by atoms with Crippen LogP contribution in [0.25, 0.3) is 22.0 Å². The zero-order valence-electron chi connectivity index (χ0n) is 17.8. The largest absolute Gasteiger partial charge is 0.379 e. The summed E-state index contributed by atoms with van der Waals surface area (Å²) in [5, 5.41) is 7.47. The van der Waals surface area contributed by atoms with Crippen molar-refractivity contribution in [1.82, 2.24) is 10.1 Å². The van der Waals surface area contributed by atoms with E-state index in [1.54, 1.807) is 25.1 Å². The number of pyridine rings is 1. The molecule has 1 aliphatic carbocycles. The number of nitrogens with one attached hydrogen (secondary N) is 2. The molecule has 1 saturated carbocycles. The van der Waals surface area contributed by atoms with Crippen molar-refractivity contribution < 1.29 is 12.9 Å². The molecule has 1 aromatic carbocycles. The van der Waals surface area contributed by atoms with Crippen LogP contribution in [0, 0.1) is 19.8 Å². The summed E-state index contributed by atoms with van der Waals surface area (Å²) in [4.78, 5) is 15.6. The average molecular weight is 445 g/mol. The van der Waals surface area contributed by atoms with Gasteiger partial charge in [0.25, 0.3) is 5.56 Å². The Kier molecular flexibility index (Phi) is 5.90. The van der Waals surface area contributed by atoms with Crippen molar-refractivity contribution in [3.05, 3.63) is 40.0 Å². The molecule has 0 unspecified atom stereocenters. The number of hydrogen-bond donors (Lipinski definition) is 3. The summed E-state index contributed by atoms with van der Waals surface area (Å²) >= 11 is 0. The highest BCUT2D eigenvalue weighted by atomic mass is 32.2. The number of H-pyrrole nitrogens is 1. The van der Waals surface area contributed by atoms with E-state index in [4.69, 9.17) is 10.3 Å². The number of rotatable bonds is 7. The average Bonchev–Trinajstić information content (AvgIpc) is 3.34. The number of hydrogen-bond acceptors (Lipinski definition) is 7. The first kappa shape index (κ1) is 21.6. The van der Waals surface area contributed by atoms with Gasteiger partial charge in [-0.3, -0.25) is 4.79 Å². The van der Waals surface area contributed by atoms with Gasteiger partial charge in [0.05, 0.1) is 21.9 Å². The predicted molar refractivity (Wildman–Crippen MR) is 121 cm³/mol. The second-order valence-corrected chi connectivity index (χ2v) is 10.3. The van der Waals surface area contributed by atoms with Gasteiger partial charge >= 0.3 is 0 Å². The lowest BCUT2D eigenvalue weighted by Gasteiger charge is -2.15. The van der Waals surface area contributed by atoms with Crippen LogP contribution in [0.3, 0.4) is 0 Å². The van der Waals surface area contributed by atoms with Gasteiger partial charge in [-0.15, -0.1) is 0 Å². The SMILES string of the molecule is Cc1noc(C)c1-c1cc(S(=O)(=O)CC2CCCC2)c2cc(NCCN)c(=O)[nH]c2c1. The van der Waals surface area contributed by atoms with E-state index in [2.05, 4.69) is 15.5 Å². The number of aromatic nitrogens is 2. The van der Waals surface area contributed by atoms with Gasteiger partial charge in [0.1, 0.15) is 11.4 Å². The molecule has 4 N–H and O–H groups in total. The van der Waals surface area contributed by atoms with E-state index >= 15 is 0 Å². The van der Waals surface area contributed by atoms with E-state index in [0.29, 0.717) is 46.7 Å². The molecule has 1 fully saturated rings. The predicted octanol–water partition coefficient (Wildman–Crippen LogP) is 3.13. The van der Waals surface area contributed by atoms with Crippen molar-refractivity contribution in [2.24, 2.45) is 11.7 Å². The van der Waals surface area contributed by atoms with Crippen molar-refractivity contribution in [2.45, 2.75) is 44.4 Å². The number of anilines is 1. The van der Waals surface area contributed by atoms with Crippen LogP contribution < -0.4 is 16.6 Å². The fourth-order valence-electron chi connectivity index (χ4n) is 4.49. The molecule has 31 heavy (non-hydrogen) atoms. The van der Waals surface area contributed by atoms with Crippen LogP contribution in [0.4, 0.5) is 5.69 Å². The van der Waals surface area contributed by atoms with Gasteiger partial charge in [-0.2, -0.15) is 0 Å². The first-order valence-electron chi connectivity index (χ1n) is 10.6. The Bertz CT molecular complexity index is 1250. The molecule has 4 rings (SSSR count). The summed E-state index contributed by atoms with van der Waals surface area (Å²) in [6, 6.07) is 5.08. The summed E-state index contributed by atoms with van der Waals surface area (Å²) in [6.45, 7) is 4.37. The highest BCUT2D eigenvalue weighted by molar-refractivity contribution is 7.91. The zero-order valence-corrected chi connectivity index (χ0v) is 18.6. The molecule has 0 amide bonds. The Morgan fingerprint density at radius 1 is 1.23 bits per heavy atom. The molecule has 9 heteroatoms. The molecule has 8 nitrogen and oxygen atoms in total. The molecule has 0 bridgehead atoms. The number of benzene rings is 1. The van der Waals surface area contributed by atoms with Crippen molar-refractivity contribution in [2.75, 3.05) is 24.2 Å². The first-order chi connectivity index (χ1) is 14.8. The van der Waals surface area contributed by atoms with Crippen LogP contribution in [-0.4, -0.2) is 37.4 Å². The number of nitrogens with zero attached hydrogens (tertiary/aromatic N) is 1. The van der Waals surface area contributed by atoms with E-state index in [1.807, 2.05) is 6.92 Å². The van der Waals surface area contributed by atoms with E-state index in [9.17, 15) is 13.2 Å². The van der Waals surface area contributed by atoms with Gasteiger partial charge in [-0.1, -0.05) is 18.0 Å². The van der Waals surface area contributed by atoms with Crippen molar-refractivity contribution >= 4 is 26.4 Å². The first-order valence-corrected chi connectivity index (χ1v) is 12.3. The molecule has 166 valence electrons. The van der Waals surface area contributed by atoms with Gasteiger partial charge in [0.15, 0.2) is 9.84 Å². The maximum atomic E-state index is 13.5. The number of aromatic amines is 1. The number of sulfone groups is 1. The Labute approximate surface area is 181 Å². The Morgan fingerprint density at radius 2 is 1.97 bits per heavy atom. The van der Waals surface area contributed by atoms with Gasteiger partial charge in [-0.05, 0) is 56.4 Å². The number of aryl methyl sites for hydroxylation is 2. The summed E-state index contributed by atoms with van der Waals surface area (Å²) in [7, 11) is -3.59. The second-order valence-electron chi connectivity index (χ2n) is 8.29. The minimum atomic E-state index is -3.59. The Morgan fingerprint density at radius 3 is 2.61 bits per heavy atom. The highest BCUT2D eigenvalue weighted by Gasteiger charge is 2.27. The van der Waals surface area contributed by atoms with Gasteiger partial charge in [-0.25, -0.2) is 8.42 Å². The molecular formula is C22H28N4O4S. The van der Waals surface area contributed by atoms with Crippen molar-refractivity contribution in [3.8, 4) is 11.1 Å². The van der Waals surface area contributed by atoms with Crippen LogP contribution >= 0.6 is 0 Å². The summed E-state index contributed by atoms with van der Waals surface area (Å²) in [5.74, 6) is 0.873. The summed E-state index contributed by atoms with van der Waals surface area (Å²) in [6.07, 6.45) is 4.00.